The van der Waals surface area contributed by atoms with E-state index in [0.717, 1.165) is 0 Å². The normalized spacial score (nSPS) is 8.82. The molecule has 0 saturated heterocycles. The second kappa shape index (κ2) is 11.1. The summed E-state index contributed by atoms with van der Waals surface area (Å²) in [6.45, 7) is 0.732. The third-order valence-corrected chi connectivity index (χ3v) is 1.85. The fraction of sp³-hybridized carbons (Fsp3) is 0.333. The van der Waals surface area contributed by atoms with Crippen molar-refractivity contribution in [1.29, 1.82) is 0 Å². The molecular formula is C12H16ClNO3. The predicted molar refractivity (Wildman–Crippen MR) is 66.8 cm³/mol. The minimum Gasteiger partial charge on any atom is -0.383 e. The van der Waals surface area contributed by atoms with Crippen molar-refractivity contribution in [1.82, 2.24) is 4.90 Å². The van der Waals surface area contributed by atoms with Gasteiger partial charge < -0.3 is 9.64 Å². The summed E-state index contributed by atoms with van der Waals surface area (Å²) in [7, 11) is 1.52. The summed E-state index contributed by atoms with van der Waals surface area (Å²) < 4.78 is 4.70. The molecule has 0 aliphatic rings. The van der Waals surface area contributed by atoms with Crippen molar-refractivity contribution in [3.8, 4) is 0 Å². The Morgan fingerprint density at radius 2 is 1.71 bits per heavy atom. The molecule has 1 rings (SSSR count). The van der Waals surface area contributed by atoms with Crippen LogP contribution in [0, 0.1) is 0 Å². The highest BCUT2D eigenvalue weighted by atomic mass is 35.5. The zero-order valence-corrected chi connectivity index (χ0v) is 10.5. The van der Waals surface area contributed by atoms with Gasteiger partial charge in [0.05, 0.1) is 13.2 Å². The number of carbonyl (C=O) groups is 2. The van der Waals surface area contributed by atoms with E-state index in [2.05, 4.69) is 0 Å². The van der Waals surface area contributed by atoms with Crippen molar-refractivity contribution in [2.24, 2.45) is 0 Å². The number of amides is 1. The topological polar surface area (TPSA) is 46.6 Å². The highest BCUT2D eigenvalue weighted by Crippen LogP contribution is 1.87. The van der Waals surface area contributed by atoms with Gasteiger partial charge in [0.25, 0.3) is 0 Å². The van der Waals surface area contributed by atoms with E-state index in [1.165, 1.54) is 12.0 Å². The number of hydrogen-bond acceptors (Lipinski definition) is 3. The van der Waals surface area contributed by atoms with E-state index in [0.29, 0.717) is 19.6 Å². The van der Waals surface area contributed by atoms with Crippen molar-refractivity contribution in [2.45, 2.75) is 0 Å². The maximum absolute atomic E-state index is 10.3. The lowest BCUT2D eigenvalue weighted by Crippen LogP contribution is -2.29. The molecule has 0 heterocycles. The maximum atomic E-state index is 10.3. The monoisotopic (exact) mass is 257 g/mol. The van der Waals surface area contributed by atoms with Crippen LogP contribution in [-0.2, 0) is 14.3 Å². The second-order valence-corrected chi connectivity index (χ2v) is 3.50. The lowest BCUT2D eigenvalue weighted by atomic mass is 10.4. The van der Waals surface area contributed by atoms with Crippen LogP contribution in [0.5, 0.6) is 0 Å². The first-order valence-electron chi connectivity index (χ1n) is 5.07. The fourth-order valence-electron chi connectivity index (χ4n) is 0.922. The van der Waals surface area contributed by atoms with Crippen LogP contribution < -0.4 is 0 Å². The summed E-state index contributed by atoms with van der Waals surface area (Å²) in [5, 5.41) is -0.548. The van der Waals surface area contributed by atoms with E-state index in [9.17, 15) is 9.59 Å². The zero-order chi connectivity index (χ0) is 12.9. The zero-order valence-electron chi connectivity index (χ0n) is 9.71. The average Bonchev–Trinajstić information content (AvgIpc) is 2.37. The maximum Gasteiger partial charge on any atom is 0.241 e. The molecule has 0 unspecified atom stereocenters. The lowest BCUT2D eigenvalue weighted by molar-refractivity contribution is -0.123. The van der Waals surface area contributed by atoms with Crippen LogP contribution in [0.15, 0.2) is 36.4 Å². The van der Waals surface area contributed by atoms with Crippen LogP contribution in [0.2, 0.25) is 0 Å². The van der Waals surface area contributed by atoms with Crippen molar-refractivity contribution < 1.29 is 14.3 Å². The Kier molecular flexibility index (Phi) is 10.2. The van der Waals surface area contributed by atoms with Crippen LogP contribution in [0.1, 0.15) is 0 Å². The molecule has 1 aromatic rings. The minimum atomic E-state index is -0.548. The van der Waals surface area contributed by atoms with Crippen LogP contribution in [0.4, 0.5) is 0 Å². The number of rotatable bonds is 6. The number of ether oxygens (including phenoxy) is 1. The van der Waals surface area contributed by atoms with E-state index >= 15 is 0 Å². The Labute approximate surface area is 106 Å². The van der Waals surface area contributed by atoms with Gasteiger partial charge in [0, 0.05) is 13.7 Å². The molecule has 0 aliphatic heterocycles. The van der Waals surface area contributed by atoms with Crippen molar-refractivity contribution >= 4 is 23.3 Å². The summed E-state index contributed by atoms with van der Waals surface area (Å²) in [5.41, 5.74) is 0. The van der Waals surface area contributed by atoms with E-state index in [1.54, 1.807) is 0 Å². The van der Waals surface area contributed by atoms with Gasteiger partial charge in [-0.25, -0.2) is 0 Å². The van der Waals surface area contributed by atoms with Crippen LogP contribution in [0.3, 0.4) is 0 Å². The van der Waals surface area contributed by atoms with Gasteiger partial charge in [0.2, 0.25) is 11.7 Å². The summed E-state index contributed by atoms with van der Waals surface area (Å²) >= 11 is 5.05. The molecule has 0 N–H and O–H groups in total. The number of methoxy groups -OCH3 is 1. The third kappa shape index (κ3) is 10.9. The highest BCUT2D eigenvalue weighted by molar-refractivity contribution is 6.64. The van der Waals surface area contributed by atoms with Crippen LogP contribution in [-0.4, -0.2) is 43.4 Å². The van der Waals surface area contributed by atoms with Crippen LogP contribution >= 0.6 is 11.6 Å². The largest absolute Gasteiger partial charge is 0.383 e. The molecule has 0 spiro atoms. The standard InChI is InChI=1S/C6H10ClNO3.C6H6/c1-11-3-2-8(5-9)4-6(7)10;1-2-4-6-5-3-1/h5H,2-4H2,1H3;1-6H. The van der Waals surface area contributed by atoms with Gasteiger partial charge in [0.15, 0.2) is 0 Å². The Bertz CT molecular complexity index is 279. The average molecular weight is 258 g/mol. The molecule has 1 amide bonds. The number of nitrogens with zero attached hydrogens (tertiary/aromatic N) is 1. The number of halogens is 1. The molecule has 1 aromatic carbocycles. The Morgan fingerprint density at radius 3 is 2.00 bits per heavy atom. The van der Waals surface area contributed by atoms with Gasteiger partial charge in [-0.1, -0.05) is 36.4 Å². The second-order valence-electron chi connectivity index (χ2n) is 3.08. The lowest BCUT2D eigenvalue weighted by Gasteiger charge is -2.13. The van der Waals surface area contributed by atoms with Gasteiger partial charge >= 0.3 is 0 Å². The Balaban J connectivity index is 0.000000354. The highest BCUT2D eigenvalue weighted by Gasteiger charge is 2.04. The molecule has 0 aromatic heterocycles. The molecule has 0 fully saturated rings. The van der Waals surface area contributed by atoms with Gasteiger partial charge in [-0.15, -0.1) is 0 Å². The molecule has 0 bridgehead atoms. The number of benzene rings is 1. The number of hydrogen-bond donors (Lipinski definition) is 0. The van der Waals surface area contributed by atoms with Gasteiger partial charge in [0.1, 0.15) is 0 Å². The van der Waals surface area contributed by atoms with Crippen LogP contribution in [0.25, 0.3) is 0 Å². The molecule has 0 radical (unpaired) electrons. The molecule has 17 heavy (non-hydrogen) atoms. The Hall–Kier alpha value is -1.39. The molecule has 0 saturated carbocycles. The smallest absolute Gasteiger partial charge is 0.241 e. The van der Waals surface area contributed by atoms with E-state index in [4.69, 9.17) is 16.3 Å². The summed E-state index contributed by atoms with van der Waals surface area (Å²) in [6.07, 6.45) is 0.569. The summed E-state index contributed by atoms with van der Waals surface area (Å²) in [6, 6.07) is 12.0. The third-order valence-electron chi connectivity index (χ3n) is 1.73. The molecule has 0 aliphatic carbocycles. The van der Waals surface area contributed by atoms with Gasteiger partial charge in [-0.2, -0.15) is 0 Å². The molecular weight excluding hydrogens is 242 g/mol. The van der Waals surface area contributed by atoms with E-state index < -0.39 is 5.24 Å². The molecule has 5 heteroatoms. The SMILES string of the molecule is COCCN(C=O)CC(=O)Cl.c1ccccc1. The van der Waals surface area contributed by atoms with Gasteiger partial charge in [-0.3, -0.25) is 9.59 Å². The molecule has 94 valence electrons. The summed E-state index contributed by atoms with van der Waals surface area (Å²) in [4.78, 5) is 21.8. The first-order valence-corrected chi connectivity index (χ1v) is 5.45. The minimum absolute atomic E-state index is 0.0611. The predicted octanol–water partition coefficient (Wildman–Crippen LogP) is 1.54. The van der Waals surface area contributed by atoms with Crippen molar-refractivity contribution in [3.63, 3.8) is 0 Å². The first-order chi connectivity index (χ1) is 8.20. The molecule has 0 atom stereocenters. The first kappa shape index (κ1) is 15.6. The van der Waals surface area contributed by atoms with Gasteiger partial charge in [-0.05, 0) is 11.6 Å². The summed E-state index contributed by atoms with van der Waals surface area (Å²) in [5.74, 6) is 0. The fourth-order valence-corrected chi connectivity index (χ4v) is 1.08. The molecule has 4 nitrogen and oxygen atoms in total. The van der Waals surface area contributed by atoms with E-state index in [-0.39, 0.29) is 6.54 Å². The van der Waals surface area contributed by atoms with Crippen molar-refractivity contribution in [2.75, 3.05) is 26.8 Å². The quantitative estimate of drug-likeness (QED) is 0.574. The number of carbonyl (C=O) groups excluding carboxylic acids is 2. The van der Waals surface area contributed by atoms with Crippen molar-refractivity contribution in [3.05, 3.63) is 36.4 Å². The van der Waals surface area contributed by atoms with E-state index in [1.807, 2.05) is 36.4 Å². The Morgan fingerprint density at radius 1 is 1.24 bits per heavy atom.